The number of para-hydroxylation sites is 1. The van der Waals surface area contributed by atoms with Crippen LogP contribution in [0.3, 0.4) is 0 Å². The van der Waals surface area contributed by atoms with Crippen LogP contribution in [0.5, 0.6) is 0 Å². The molecule has 3 aromatic rings. The number of anilines is 1. The van der Waals surface area contributed by atoms with Crippen LogP contribution >= 0.6 is 0 Å². The van der Waals surface area contributed by atoms with Crippen LogP contribution in [0.2, 0.25) is 0 Å². The molecule has 26 heavy (non-hydrogen) atoms. The monoisotopic (exact) mass is 344 g/mol. The number of hydrogen-bond donors (Lipinski definition) is 0. The van der Waals surface area contributed by atoms with E-state index in [4.69, 9.17) is 4.42 Å². The number of fused-ring (bicyclic) bond motifs is 1. The molecule has 5 nitrogen and oxygen atoms in total. The molecule has 2 heterocycles. The number of carbonyl (C=O) groups is 1. The molecule has 0 saturated carbocycles. The fourth-order valence-electron chi connectivity index (χ4n) is 2.93. The Bertz CT molecular complexity index is 1140. The quantitative estimate of drug-likeness (QED) is 0.662. The van der Waals surface area contributed by atoms with Crippen molar-refractivity contribution >= 4 is 34.4 Å². The zero-order chi connectivity index (χ0) is 18.3. The van der Waals surface area contributed by atoms with Crippen LogP contribution < -0.4 is 10.4 Å². The third-order valence-corrected chi connectivity index (χ3v) is 4.32. The highest BCUT2D eigenvalue weighted by Crippen LogP contribution is 2.24. The molecule has 4 rings (SSSR count). The number of nitrogens with zero attached hydrogens (tertiary/aromatic N) is 2. The summed E-state index contributed by atoms with van der Waals surface area (Å²) >= 11 is 0. The number of amides is 1. The Hall–Kier alpha value is -3.47. The summed E-state index contributed by atoms with van der Waals surface area (Å²) in [4.78, 5) is 25.5. The fourth-order valence-corrected chi connectivity index (χ4v) is 2.93. The van der Waals surface area contributed by atoms with Crippen molar-refractivity contribution in [2.24, 2.45) is 5.10 Å². The number of hydrazone groups is 1. The minimum atomic E-state index is -0.267. The molecule has 1 amide bonds. The summed E-state index contributed by atoms with van der Waals surface area (Å²) in [6.07, 6.45) is 2.94. The Balaban J connectivity index is 1.78. The van der Waals surface area contributed by atoms with Crippen LogP contribution in [0.1, 0.15) is 18.1 Å². The topological polar surface area (TPSA) is 62.9 Å². The van der Waals surface area contributed by atoms with Gasteiger partial charge in [-0.05, 0) is 49.8 Å². The molecule has 1 aromatic heterocycles. The number of hydrogen-bond acceptors (Lipinski definition) is 4. The summed E-state index contributed by atoms with van der Waals surface area (Å²) in [5, 5.41) is 6.15. The molecule has 0 atom stereocenters. The van der Waals surface area contributed by atoms with Crippen molar-refractivity contribution in [2.45, 2.75) is 13.8 Å². The molecule has 0 N–H and O–H groups in total. The maximum atomic E-state index is 12.8. The predicted octanol–water partition coefficient (Wildman–Crippen LogP) is 3.91. The molecule has 0 spiro atoms. The molecule has 0 bridgehead atoms. The van der Waals surface area contributed by atoms with Gasteiger partial charge in [0.1, 0.15) is 11.8 Å². The first-order chi connectivity index (χ1) is 12.5. The molecular weight excluding hydrogens is 328 g/mol. The maximum absolute atomic E-state index is 12.8. The van der Waals surface area contributed by atoms with Crippen molar-refractivity contribution in [1.29, 1.82) is 0 Å². The number of carbonyl (C=O) groups excluding carboxylic acids is 1. The Labute approximate surface area is 149 Å². The van der Waals surface area contributed by atoms with Crippen molar-refractivity contribution in [3.63, 3.8) is 0 Å². The third kappa shape index (κ3) is 2.63. The molecular formula is C21H16N2O3. The van der Waals surface area contributed by atoms with E-state index in [1.165, 1.54) is 11.3 Å². The smallest absolute Gasteiger partial charge is 0.280 e. The van der Waals surface area contributed by atoms with Crippen LogP contribution in [0.4, 0.5) is 5.69 Å². The lowest BCUT2D eigenvalue weighted by Crippen LogP contribution is -2.21. The Kier molecular flexibility index (Phi) is 3.77. The first-order valence-corrected chi connectivity index (χ1v) is 8.23. The second-order valence-corrected chi connectivity index (χ2v) is 6.22. The molecule has 128 valence electrons. The molecule has 2 aromatic carbocycles. The van der Waals surface area contributed by atoms with E-state index in [0.717, 1.165) is 5.56 Å². The van der Waals surface area contributed by atoms with E-state index in [1.807, 2.05) is 49.4 Å². The van der Waals surface area contributed by atoms with Crippen LogP contribution in [0.15, 0.2) is 74.7 Å². The van der Waals surface area contributed by atoms with E-state index in [0.29, 0.717) is 33.5 Å². The minimum absolute atomic E-state index is 0.169. The number of rotatable bonds is 2. The van der Waals surface area contributed by atoms with Gasteiger partial charge in [-0.25, -0.2) is 0 Å². The second kappa shape index (κ2) is 6.11. The van der Waals surface area contributed by atoms with E-state index >= 15 is 0 Å². The van der Waals surface area contributed by atoms with Gasteiger partial charge in [0.05, 0.1) is 27.9 Å². The van der Waals surface area contributed by atoms with Crippen LogP contribution in [0, 0.1) is 6.92 Å². The van der Waals surface area contributed by atoms with Crippen molar-refractivity contribution < 1.29 is 9.21 Å². The van der Waals surface area contributed by atoms with Gasteiger partial charge in [-0.1, -0.05) is 24.3 Å². The summed E-state index contributed by atoms with van der Waals surface area (Å²) in [7, 11) is 0. The molecule has 1 aliphatic rings. The highest BCUT2D eigenvalue weighted by Gasteiger charge is 2.28. The zero-order valence-corrected chi connectivity index (χ0v) is 14.4. The van der Waals surface area contributed by atoms with Crippen molar-refractivity contribution in [3.05, 3.63) is 81.7 Å². The zero-order valence-electron chi connectivity index (χ0n) is 14.4. The van der Waals surface area contributed by atoms with Crippen molar-refractivity contribution in [2.75, 3.05) is 5.01 Å². The molecule has 0 unspecified atom stereocenters. The van der Waals surface area contributed by atoms with Gasteiger partial charge in [0.2, 0.25) is 0 Å². The fraction of sp³-hybridized carbons (Fsp3) is 0.0952. The van der Waals surface area contributed by atoms with Gasteiger partial charge >= 0.3 is 0 Å². The van der Waals surface area contributed by atoms with Crippen LogP contribution in [0.25, 0.3) is 17.0 Å². The Morgan fingerprint density at radius 1 is 1.04 bits per heavy atom. The largest absolute Gasteiger partial charge is 0.463 e. The highest BCUT2D eigenvalue weighted by molar-refractivity contribution is 6.32. The van der Waals surface area contributed by atoms with E-state index < -0.39 is 0 Å². The van der Waals surface area contributed by atoms with Crippen LogP contribution in [-0.4, -0.2) is 11.6 Å². The van der Waals surface area contributed by atoms with Gasteiger partial charge in [-0.15, -0.1) is 0 Å². The van der Waals surface area contributed by atoms with E-state index in [-0.39, 0.29) is 11.3 Å². The minimum Gasteiger partial charge on any atom is -0.463 e. The number of benzene rings is 2. The summed E-state index contributed by atoms with van der Waals surface area (Å²) in [5.41, 5.74) is 3.33. The average molecular weight is 344 g/mol. The lowest BCUT2D eigenvalue weighted by atomic mass is 10.1. The predicted molar refractivity (Wildman–Crippen MR) is 102 cm³/mol. The standard InChI is InChI=1S/C21H16N2O3/c1-13-8-9-17-19(10-13)26-12-15(20(17)24)11-18-14(2)22-23(21(18)25)16-6-4-3-5-7-16/h3-12H,1-2H3/b18-11-. The van der Waals surface area contributed by atoms with E-state index in [2.05, 4.69) is 5.10 Å². The van der Waals surface area contributed by atoms with Gasteiger partial charge in [0.25, 0.3) is 5.91 Å². The summed E-state index contributed by atoms with van der Waals surface area (Å²) in [6.45, 7) is 3.68. The first kappa shape index (κ1) is 16.0. The highest BCUT2D eigenvalue weighted by atomic mass is 16.3. The van der Waals surface area contributed by atoms with Gasteiger partial charge in [0, 0.05) is 0 Å². The molecule has 0 saturated heterocycles. The van der Waals surface area contributed by atoms with E-state index in [9.17, 15) is 9.59 Å². The Morgan fingerprint density at radius 2 is 1.81 bits per heavy atom. The van der Waals surface area contributed by atoms with Gasteiger partial charge in [0.15, 0.2) is 5.43 Å². The van der Waals surface area contributed by atoms with E-state index in [1.54, 1.807) is 19.1 Å². The molecule has 0 radical (unpaired) electrons. The lowest BCUT2D eigenvalue weighted by Gasteiger charge is -2.10. The molecule has 0 aliphatic carbocycles. The van der Waals surface area contributed by atoms with Crippen molar-refractivity contribution in [3.8, 4) is 0 Å². The summed E-state index contributed by atoms with van der Waals surface area (Å²) in [6, 6.07) is 14.6. The summed E-state index contributed by atoms with van der Waals surface area (Å²) in [5.74, 6) is -0.267. The third-order valence-electron chi connectivity index (χ3n) is 4.32. The SMILES string of the molecule is CC1=NN(c2ccccc2)C(=O)/C1=C\c1coc2cc(C)ccc2c1=O. The molecule has 1 aliphatic heterocycles. The second-order valence-electron chi connectivity index (χ2n) is 6.22. The van der Waals surface area contributed by atoms with Crippen molar-refractivity contribution in [1.82, 2.24) is 0 Å². The first-order valence-electron chi connectivity index (χ1n) is 8.23. The molecule has 0 fully saturated rings. The lowest BCUT2D eigenvalue weighted by molar-refractivity contribution is -0.114. The normalized spacial score (nSPS) is 15.8. The Morgan fingerprint density at radius 3 is 2.58 bits per heavy atom. The van der Waals surface area contributed by atoms with Crippen LogP contribution in [-0.2, 0) is 4.79 Å². The summed E-state index contributed by atoms with van der Waals surface area (Å²) < 4.78 is 5.59. The average Bonchev–Trinajstić information content (AvgIpc) is 2.92. The molecule has 5 heteroatoms. The number of aryl methyl sites for hydroxylation is 1. The van der Waals surface area contributed by atoms with Gasteiger partial charge < -0.3 is 4.42 Å². The van der Waals surface area contributed by atoms with Gasteiger partial charge in [-0.2, -0.15) is 10.1 Å². The van der Waals surface area contributed by atoms with Gasteiger partial charge in [-0.3, -0.25) is 9.59 Å². The maximum Gasteiger partial charge on any atom is 0.280 e.